The lowest BCUT2D eigenvalue weighted by molar-refractivity contribution is 1.53. The predicted molar refractivity (Wildman–Crippen MR) is 36.9 cm³/mol. The normalized spacial score (nSPS) is 12.0. The highest BCUT2D eigenvalue weighted by Crippen LogP contribution is 2.23. The summed E-state index contributed by atoms with van der Waals surface area (Å²) in [4.78, 5) is 3.99. The summed E-state index contributed by atoms with van der Waals surface area (Å²) in [6.07, 6.45) is 4.67. The van der Waals surface area contributed by atoms with E-state index in [0.29, 0.717) is 0 Å². The minimum absolute atomic E-state index is 1.03. The van der Waals surface area contributed by atoms with Crippen molar-refractivity contribution in [2.75, 3.05) is 0 Å². The first-order chi connectivity index (χ1) is 4.47. The van der Waals surface area contributed by atoms with Crippen molar-refractivity contribution in [3.05, 3.63) is 36.2 Å². The Bertz CT molecular complexity index is 250. The van der Waals surface area contributed by atoms with Crippen LogP contribution in [0.1, 0.15) is 5.56 Å². The van der Waals surface area contributed by atoms with Gasteiger partial charge in [0.15, 0.2) is 0 Å². The van der Waals surface area contributed by atoms with Crippen LogP contribution in [0.3, 0.4) is 0 Å². The van der Waals surface area contributed by atoms with Crippen LogP contribution < -0.4 is 0 Å². The van der Waals surface area contributed by atoms with E-state index >= 15 is 0 Å². The lowest BCUT2D eigenvalue weighted by atomic mass is 10.2. The number of rotatable bonds is 0. The second-order valence-corrected chi connectivity index (χ2v) is 1.94. The van der Waals surface area contributed by atoms with E-state index in [2.05, 4.69) is 11.2 Å². The summed E-state index contributed by atoms with van der Waals surface area (Å²) < 4.78 is 0. The van der Waals surface area contributed by atoms with Crippen molar-refractivity contribution >= 4 is 11.9 Å². The van der Waals surface area contributed by atoms with E-state index in [4.69, 9.17) is 0 Å². The van der Waals surface area contributed by atoms with Gasteiger partial charge in [0.1, 0.15) is 0 Å². The first-order valence-corrected chi connectivity index (χ1v) is 2.85. The third-order valence-electron chi connectivity index (χ3n) is 1.34. The molecule has 0 aromatic heterocycles. The van der Waals surface area contributed by atoms with E-state index in [1.165, 1.54) is 0 Å². The molecule has 1 aliphatic heterocycles. The van der Waals surface area contributed by atoms with Crippen LogP contribution in [0, 0.1) is 6.42 Å². The summed E-state index contributed by atoms with van der Waals surface area (Å²) >= 11 is 0. The Labute approximate surface area is 54.1 Å². The zero-order chi connectivity index (χ0) is 6.10. The fourth-order valence-electron chi connectivity index (χ4n) is 0.883. The van der Waals surface area contributed by atoms with Crippen LogP contribution in [0.25, 0.3) is 0 Å². The molecule has 1 aromatic rings. The van der Waals surface area contributed by atoms with Gasteiger partial charge >= 0.3 is 0 Å². The topological polar surface area (TPSA) is 12.4 Å². The van der Waals surface area contributed by atoms with Crippen LogP contribution in [-0.4, -0.2) is 6.21 Å². The predicted octanol–water partition coefficient (Wildman–Crippen LogP) is 1.83. The minimum atomic E-state index is 1.03. The Morgan fingerprint density at radius 1 is 1.33 bits per heavy atom. The molecule has 9 heavy (non-hydrogen) atoms. The summed E-state index contributed by atoms with van der Waals surface area (Å²) in [6.45, 7) is 0. The lowest BCUT2D eigenvalue weighted by Gasteiger charge is -1.93. The van der Waals surface area contributed by atoms with Crippen LogP contribution in [0.4, 0.5) is 5.69 Å². The SMILES string of the molecule is [C+]1=Nc2ccccc2[CH-]1. The number of aliphatic imine (C=N–C) groups is 1. The molecule has 1 nitrogen and oxygen atoms in total. The third-order valence-corrected chi connectivity index (χ3v) is 1.34. The molecule has 0 spiro atoms. The summed E-state index contributed by atoms with van der Waals surface area (Å²) in [7, 11) is 0. The molecule has 0 bridgehead atoms. The van der Waals surface area contributed by atoms with E-state index in [0.717, 1.165) is 11.3 Å². The summed E-state index contributed by atoms with van der Waals surface area (Å²) in [5.41, 5.74) is 2.19. The van der Waals surface area contributed by atoms with Crippen molar-refractivity contribution < 1.29 is 0 Å². The first-order valence-electron chi connectivity index (χ1n) is 2.85. The number of benzene rings is 1. The summed E-state index contributed by atoms with van der Waals surface area (Å²) in [6, 6.07) is 7.98. The molecule has 0 N–H and O–H groups in total. The van der Waals surface area contributed by atoms with Crippen LogP contribution in [-0.2, 0) is 0 Å². The number of para-hydroxylation sites is 1. The Kier molecular flexibility index (Phi) is 0.794. The van der Waals surface area contributed by atoms with E-state index in [1.54, 1.807) is 0 Å². The molecular formula is C8H5N. The van der Waals surface area contributed by atoms with Gasteiger partial charge in [-0.05, 0) is 0 Å². The molecule has 1 heterocycles. The fourth-order valence-corrected chi connectivity index (χ4v) is 0.883. The van der Waals surface area contributed by atoms with Crippen molar-refractivity contribution in [2.24, 2.45) is 4.99 Å². The van der Waals surface area contributed by atoms with E-state index in [-0.39, 0.29) is 0 Å². The molecule has 42 valence electrons. The van der Waals surface area contributed by atoms with Gasteiger partial charge in [-0.15, -0.1) is 12.1 Å². The van der Waals surface area contributed by atoms with E-state index in [9.17, 15) is 0 Å². The maximum Gasteiger partial charge on any atom is 0.0581 e. The molecule has 0 saturated heterocycles. The summed E-state index contributed by atoms with van der Waals surface area (Å²) in [5, 5.41) is 0. The van der Waals surface area contributed by atoms with Crippen molar-refractivity contribution in [3.8, 4) is 0 Å². The molecule has 0 fully saturated rings. The Balaban J connectivity index is 2.63. The maximum absolute atomic E-state index is 3.99. The van der Waals surface area contributed by atoms with Gasteiger partial charge in [-0.2, -0.15) is 4.99 Å². The molecular weight excluding hydrogens is 110 g/mol. The molecule has 0 radical (unpaired) electrons. The quantitative estimate of drug-likeness (QED) is 0.457. The lowest BCUT2D eigenvalue weighted by Crippen LogP contribution is -1.71. The van der Waals surface area contributed by atoms with Gasteiger partial charge in [-0.25, -0.2) is 0 Å². The van der Waals surface area contributed by atoms with Crippen LogP contribution in [0.2, 0.25) is 0 Å². The highest BCUT2D eigenvalue weighted by molar-refractivity contribution is 5.84. The van der Waals surface area contributed by atoms with Crippen molar-refractivity contribution in [1.82, 2.24) is 0 Å². The van der Waals surface area contributed by atoms with Gasteiger partial charge in [0, 0.05) is 12.1 Å². The van der Waals surface area contributed by atoms with E-state index in [1.807, 2.05) is 30.7 Å². The van der Waals surface area contributed by atoms with Gasteiger partial charge in [-0.3, -0.25) is 0 Å². The molecule has 2 rings (SSSR count). The average Bonchev–Trinajstić information content (AvgIpc) is 2.33. The Morgan fingerprint density at radius 2 is 2.22 bits per heavy atom. The average molecular weight is 115 g/mol. The smallest absolute Gasteiger partial charge is 0.0581 e. The number of hydrogen-bond donors (Lipinski definition) is 0. The van der Waals surface area contributed by atoms with Gasteiger partial charge in [0.05, 0.1) is 6.21 Å². The van der Waals surface area contributed by atoms with Gasteiger partial charge in [-0.1, -0.05) is 17.7 Å². The maximum atomic E-state index is 3.99. The first kappa shape index (κ1) is 4.54. The highest BCUT2D eigenvalue weighted by atomic mass is 14.7. The monoisotopic (exact) mass is 115 g/mol. The molecule has 0 unspecified atom stereocenters. The highest BCUT2D eigenvalue weighted by Gasteiger charge is 2.00. The Hall–Kier alpha value is -1.33. The standard InChI is InChI=1S/C8H5N/c1-2-4-8-7(3-1)5-6-9-8/h1-5H. The molecule has 1 aliphatic rings. The Morgan fingerprint density at radius 3 is 3.11 bits per heavy atom. The van der Waals surface area contributed by atoms with Crippen LogP contribution in [0.5, 0.6) is 0 Å². The largest absolute Gasteiger partial charge is 0.196 e. The number of fused-ring (bicyclic) bond motifs is 1. The zero-order valence-corrected chi connectivity index (χ0v) is 4.83. The molecule has 0 aliphatic carbocycles. The van der Waals surface area contributed by atoms with Crippen LogP contribution in [0.15, 0.2) is 29.3 Å². The summed E-state index contributed by atoms with van der Waals surface area (Å²) in [5.74, 6) is 0. The number of hydrogen-bond acceptors (Lipinski definition) is 1. The van der Waals surface area contributed by atoms with Crippen molar-refractivity contribution in [1.29, 1.82) is 0 Å². The second-order valence-electron chi connectivity index (χ2n) is 1.94. The molecule has 0 saturated carbocycles. The van der Waals surface area contributed by atoms with Gasteiger partial charge in [0.25, 0.3) is 0 Å². The number of nitrogens with zero attached hydrogens (tertiary/aromatic N) is 1. The zero-order valence-electron chi connectivity index (χ0n) is 4.83. The molecule has 1 aromatic carbocycles. The molecule has 0 atom stereocenters. The van der Waals surface area contributed by atoms with Crippen molar-refractivity contribution in [2.45, 2.75) is 0 Å². The third kappa shape index (κ3) is 0.592. The van der Waals surface area contributed by atoms with E-state index < -0.39 is 0 Å². The molecule has 0 amide bonds. The minimum Gasteiger partial charge on any atom is -0.196 e. The second kappa shape index (κ2) is 1.57. The fraction of sp³-hybridized carbons (Fsp3) is 0. The molecule has 1 heteroatoms. The van der Waals surface area contributed by atoms with Crippen LogP contribution >= 0.6 is 0 Å². The van der Waals surface area contributed by atoms with Gasteiger partial charge in [0.2, 0.25) is 0 Å². The van der Waals surface area contributed by atoms with Gasteiger partial charge < -0.3 is 0 Å². The van der Waals surface area contributed by atoms with Crippen molar-refractivity contribution in [3.63, 3.8) is 0 Å².